The summed E-state index contributed by atoms with van der Waals surface area (Å²) in [6, 6.07) is 9.95. The summed E-state index contributed by atoms with van der Waals surface area (Å²) >= 11 is 0. The van der Waals surface area contributed by atoms with Crippen molar-refractivity contribution >= 4 is 0 Å². The topological polar surface area (TPSA) is 56.3 Å². The molecule has 1 aromatic carbocycles. The molecule has 1 aliphatic heterocycles. The fourth-order valence-electron chi connectivity index (χ4n) is 4.75. The first-order valence-corrected chi connectivity index (χ1v) is 12.4. The van der Waals surface area contributed by atoms with Crippen LogP contribution in [0.15, 0.2) is 30.3 Å². The van der Waals surface area contributed by atoms with Crippen LogP contribution in [0.4, 0.5) is 8.78 Å². The van der Waals surface area contributed by atoms with Gasteiger partial charge >= 0.3 is 0 Å². The van der Waals surface area contributed by atoms with Crippen LogP contribution in [-0.4, -0.2) is 41.9 Å². The number of halogens is 2. The van der Waals surface area contributed by atoms with E-state index in [1.165, 1.54) is 19.3 Å². The molecule has 2 aromatic rings. The van der Waals surface area contributed by atoms with Crippen molar-refractivity contribution in [3.63, 3.8) is 0 Å². The van der Waals surface area contributed by atoms with Gasteiger partial charge in [-0.3, -0.25) is 0 Å². The van der Waals surface area contributed by atoms with Gasteiger partial charge in [-0.2, -0.15) is 5.10 Å². The Morgan fingerprint density at radius 1 is 1.03 bits per heavy atom. The van der Waals surface area contributed by atoms with Gasteiger partial charge in [0.05, 0.1) is 17.7 Å². The molecule has 0 amide bonds. The van der Waals surface area contributed by atoms with E-state index in [1.807, 2.05) is 30.3 Å². The first kappa shape index (κ1) is 23.9. The molecule has 1 saturated carbocycles. The number of ether oxygens (including phenoxy) is 2. The quantitative estimate of drug-likeness (QED) is 0.512. The van der Waals surface area contributed by atoms with E-state index in [0.29, 0.717) is 31.5 Å². The van der Waals surface area contributed by atoms with Gasteiger partial charge in [-0.1, -0.05) is 31.9 Å². The maximum absolute atomic E-state index is 13.5. The highest BCUT2D eigenvalue weighted by molar-refractivity contribution is 5.67. The van der Waals surface area contributed by atoms with Crippen molar-refractivity contribution in [3.8, 4) is 22.8 Å². The molecular formula is C26H35F2N3O2. The SMILES string of the molecule is CCCCc1nnc(O[C@H]2CNCC[C@@H]2C(F)F)cc1-c1ccc(OC2CCCCC2)cc1. The second kappa shape index (κ2) is 11.7. The van der Waals surface area contributed by atoms with Gasteiger partial charge in [-0.15, -0.1) is 5.10 Å². The van der Waals surface area contributed by atoms with Gasteiger partial charge < -0.3 is 14.8 Å². The first-order valence-electron chi connectivity index (χ1n) is 12.4. The van der Waals surface area contributed by atoms with E-state index in [9.17, 15) is 8.78 Å². The van der Waals surface area contributed by atoms with Crippen molar-refractivity contribution in [2.45, 2.75) is 83.3 Å². The number of nitrogens with zero attached hydrogens (tertiary/aromatic N) is 2. The highest BCUT2D eigenvalue weighted by atomic mass is 19.3. The summed E-state index contributed by atoms with van der Waals surface area (Å²) in [4.78, 5) is 0. The molecule has 1 aliphatic carbocycles. The van der Waals surface area contributed by atoms with E-state index in [-0.39, 0.29) is 0 Å². The first-order chi connectivity index (χ1) is 16.1. The Morgan fingerprint density at radius 2 is 1.82 bits per heavy atom. The maximum Gasteiger partial charge on any atom is 0.245 e. The van der Waals surface area contributed by atoms with E-state index in [4.69, 9.17) is 9.47 Å². The minimum Gasteiger partial charge on any atom is -0.490 e. The molecule has 1 saturated heterocycles. The number of aryl methyl sites for hydroxylation is 1. The summed E-state index contributed by atoms with van der Waals surface area (Å²) < 4.78 is 39.0. The third-order valence-electron chi connectivity index (χ3n) is 6.71. The van der Waals surface area contributed by atoms with E-state index in [2.05, 4.69) is 22.4 Å². The summed E-state index contributed by atoms with van der Waals surface area (Å²) in [5, 5.41) is 11.8. The van der Waals surface area contributed by atoms with Crippen molar-refractivity contribution in [2.75, 3.05) is 13.1 Å². The highest BCUT2D eigenvalue weighted by Gasteiger charge is 2.34. The molecule has 1 N–H and O–H groups in total. The molecule has 33 heavy (non-hydrogen) atoms. The van der Waals surface area contributed by atoms with Crippen LogP contribution >= 0.6 is 0 Å². The smallest absolute Gasteiger partial charge is 0.245 e. The molecule has 0 radical (unpaired) electrons. The molecule has 2 fully saturated rings. The lowest BCUT2D eigenvalue weighted by atomic mass is 9.95. The van der Waals surface area contributed by atoms with E-state index < -0.39 is 18.4 Å². The molecule has 180 valence electrons. The number of aromatic nitrogens is 2. The van der Waals surface area contributed by atoms with Crippen LogP contribution in [0.5, 0.6) is 11.6 Å². The summed E-state index contributed by atoms with van der Waals surface area (Å²) in [5.41, 5.74) is 2.84. The third kappa shape index (κ3) is 6.40. The molecule has 5 nitrogen and oxygen atoms in total. The molecule has 1 aromatic heterocycles. The van der Waals surface area contributed by atoms with Gasteiger partial charge in [0, 0.05) is 18.2 Å². The number of benzene rings is 1. The summed E-state index contributed by atoms with van der Waals surface area (Å²) in [6.45, 7) is 3.11. The summed E-state index contributed by atoms with van der Waals surface area (Å²) in [5.74, 6) is 0.381. The van der Waals surface area contributed by atoms with Crippen LogP contribution in [-0.2, 0) is 6.42 Å². The third-order valence-corrected chi connectivity index (χ3v) is 6.71. The van der Waals surface area contributed by atoms with E-state index in [0.717, 1.165) is 54.7 Å². The molecule has 2 heterocycles. The average Bonchev–Trinajstić information content (AvgIpc) is 2.84. The number of piperidine rings is 1. The highest BCUT2D eigenvalue weighted by Crippen LogP contribution is 2.31. The Hall–Kier alpha value is -2.28. The molecular weight excluding hydrogens is 424 g/mol. The van der Waals surface area contributed by atoms with Gasteiger partial charge in [0.1, 0.15) is 11.9 Å². The van der Waals surface area contributed by atoms with Gasteiger partial charge in [-0.25, -0.2) is 8.78 Å². The standard InChI is InChI=1S/C26H35F2N3O2/c1-2-3-9-23-22(18-10-12-20(13-11-18)32-19-7-5-4-6-8-19)16-25(31-30-23)33-24-17-29-15-14-21(24)26(27)28/h10-13,16,19,21,24,26,29H,2-9,14-15,17H2,1H3/t21-,24-/m0/s1. The van der Waals surface area contributed by atoms with E-state index >= 15 is 0 Å². The van der Waals surface area contributed by atoms with Crippen molar-refractivity contribution in [3.05, 3.63) is 36.0 Å². The Kier molecular flexibility index (Phi) is 8.48. The van der Waals surface area contributed by atoms with Crippen LogP contribution in [0.3, 0.4) is 0 Å². The van der Waals surface area contributed by atoms with Gasteiger partial charge in [0.25, 0.3) is 0 Å². The van der Waals surface area contributed by atoms with Gasteiger partial charge in [0.15, 0.2) is 0 Å². The maximum atomic E-state index is 13.5. The molecule has 0 bridgehead atoms. The van der Waals surface area contributed by atoms with Crippen LogP contribution in [0.2, 0.25) is 0 Å². The number of hydrogen-bond donors (Lipinski definition) is 1. The predicted molar refractivity (Wildman–Crippen MR) is 125 cm³/mol. The number of rotatable bonds is 9. The number of nitrogens with one attached hydrogen (secondary N) is 1. The van der Waals surface area contributed by atoms with Crippen LogP contribution < -0.4 is 14.8 Å². The average molecular weight is 460 g/mol. The fraction of sp³-hybridized carbons (Fsp3) is 0.615. The lowest BCUT2D eigenvalue weighted by Crippen LogP contribution is -2.46. The predicted octanol–water partition coefficient (Wildman–Crippen LogP) is 5.82. The second-order valence-corrected chi connectivity index (χ2v) is 9.20. The largest absolute Gasteiger partial charge is 0.490 e. The number of alkyl halides is 2. The Bertz CT molecular complexity index is 872. The fourth-order valence-corrected chi connectivity index (χ4v) is 4.75. The van der Waals surface area contributed by atoms with Crippen molar-refractivity contribution in [1.82, 2.24) is 15.5 Å². The lowest BCUT2D eigenvalue weighted by Gasteiger charge is -2.31. The van der Waals surface area contributed by atoms with Crippen molar-refractivity contribution in [1.29, 1.82) is 0 Å². The van der Waals surface area contributed by atoms with Gasteiger partial charge in [-0.05, 0) is 69.2 Å². The van der Waals surface area contributed by atoms with Crippen LogP contribution in [0, 0.1) is 5.92 Å². The molecule has 4 rings (SSSR count). The normalized spacial score (nSPS) is 21.8. The monoisotopic (exact) mass is 459 g/mol. The zero-order valence-corrected chi connectivity index (χ0v) is 19.4. The van der Waals surface area contributed by atoms with Crippen molar-refractivity contribution < 1.29 is 18.3 Å². The number of hydrogen-bond acceptors (Lipinski definition) is 5. The molecule has 0 spiro atoms. The molecule has 2 aliphatic rings. The van der Waals surface area contributed by atoms with Gasteiger partial charge in [0.2, 0.25) is 12.3 Å². The Balaban J connectivity index is 1.53. The van der Waals surface area contributed by atoms with Crippen LogP contribution in [0.25, 0.3) is 11.1 Å². The molecule has 7 heteroatoms. The Labute approximate surface area is 195 Å². The summed E-state index contributed by atoms with van der Waals surface area (Å²) in [7, 11) is 0. The minimum absolute atomic E-state index is 0.298. The number of unbranched alkanes of at least 4 members (excludes halogenated alkanes) is 1. The zero-order valence-electron chi connectivity index (χ0n) is 19.4. The van der Waals surface area contributed by atoms with Crippen molar-refractivity contribution in [2.24, 2.45) is 5.92 Å². The van der Waals surface area contributed by atoms with E-state index in [1.54, 1.807) is 0 Å². The lowest BCUT2D eigenvalue weighted by molar-refractivity contribution is -0.0135. The molecule has 2 atom stereocenters. The minimum atomic E-state index is -2.41. The zero-order chi connectivity index (χ0) is 23.0. The second-order valence-electron chi connectivity index (χ2n) is 9.20. The Morgan fingerprint density at radius 3 is 2.55 bits per heavy atom. The summed E-state index contributed by atoms with van der Waals surface area (Å²) in [6.07, 6.45) is 6.54. The molecule has 0 unspecified atom stereocenters. The van der Waals surface area contributed by atoms with Crippen LogP contribution in [0.1, 0.15) is 64.0 Å².